The molecule has 1 N–H and O–H groups in total. The number of rotatable bonds is 2. The molecular weight excluding hydrogens is 280 g/mol. The zero-order valence-electron chi connectivity index (χ0n) is 11.5. The lowest BCUT2D eigenvalue weighted by Gasteiger charge is -2.16. The molecule has 0 fully saturated rings. The molecule has 1 aliphatic carbocycles. The zero-order chi connectivity index (χ0) is 14.4. The van der Waals surface area contributed by atoms with Crippen LogP contribution in [0.3, 0.4) is 0 Å². The Morgan fingerprint density at radius 3 is 2.38 bits per heavy atom. The van der Waals surface area contributed by atoms with E-state index in [0.29, 0.717) is 5.02 Å². The molecule has 1 nitrogen and oxygen atoms in total. The monoisotopic (exact) mass is 294 g/mol. The van der Waals surface area contributed by atoms with Gasteiger partial charge in [-0.2, -0.15) is 0 Å². The molecule has 0 amide bonds. The number of halogens is 1. The highest BCUT2D eigenvalue weighted by Gasteiger charge is 2.20. The van der Waals surface area contributed by atoms with Crippen molar-refractivity contribution in [3.05, 3.63) is 81.9 Å². The second-order valence-electron chi connectivity index (χ2n) is 5.58. The van der Waals surface area contributed by atoms with Crippen molar-refractivity contribution in [2.45, 2.75) is 18.9 Å². The van der Waals surface area contributed by atoms with Crippen molar-refractivity contribution in [2.75, 3.05) is 0 Å². The highest BCUT2D eigenvalue weighted by atomic mass is 35.5. The second kappa shape index (κ2) is 4.87. The van der Waals surface area contributed by atoms with Crippen molar-refractivity contribution >= 4 is 22.4 Å². The fourth-order valence-electron chi connectivity index (χ4n) is 3.37. The molecule has 21 heavy (non-hydrogen) atoms. The number of aryl methyl sites for hydroxylation is 2. The first kappa shape index (κ1) is 12.9. The molecule has 1 aliphatic rings. The maximum Gasteiger partial charge on any atom is 0.106 e. The van der Waals surface area contributed by atoms with Gasteiger partial charge < -0.3 is 5.11 Å². The lowest BCUT2D eigenvalue weighted by atomic mass is 9.93. The molecule has 1 unspecified atom stereocenters. The number of aliphatic hydroxyl groups is 1. The van der Waals surface area contributed by atoms with Crippen LogP contribution in [0.15, 0.2) is 54.6 Å². The van der Waals surface area contributed by atoms with E-state index in [9.17, 15) is 5.11 Å². The third-order valence-electron chi connectivity index (χ3n) is 4.41. The van der Waals surface area contributed by atoms with Gasteiger partial charge in [-0.1, -0.05) is 60.1 Å². The van der Waals surface area contributed by atoms with Gasteiger partial charge in [0, 0.05) is 10.6 Å². The summed E-state index contributed by atoms with van der Waals surface area (Å²) in [5, 5.41) is 13.9. The first-order valence-corrected chi connectivity index (χ1v) is 7.59. The van der Waals surface area contributed by atoms with Gasteiger partial charge >= 0.3 is 0 Å². The van der Waals surface area contributed by atoms with Crippen molar-refractivity contribution < 1.29 is 5.11 Å². The van der Waals surface area contributed by atoms with Crippen LogP contribution in [0, 0.1) is 0 Å². The van der Waals surface area contributed by atoms with Gasteiger partial charge in [-0.05, 0) is 46.4 Å². The van der Waals surface area contributed by atoms with Crippen LogP contribution in [0.25, 0.3) is 10.8 Å². The summed E-state index contributed by atoms with van der Waals surface area (Å²) in [6.45, 7) is 0. The molecular formula is C19H15ClO. The minimum absolute atomic E-state index is 0.605. The van der Waals surface area contributed by atoms with Crippen LogP contribution in [-0.4, -0.2) is 5.11 Å². The molecule has 0 aromatic heterocycles. The third-order valence-corrected chi connectivity index (χ3v) is 4.75. The number of hydrogen-bond acceptors (Lipinski definition) is 1. The minimum Gasteiger partial charge on any atom is -0.384 e. The summed E-state index contributed by atoms with van der Waals surface area (Å²) in [6.07, 6.45) is 1.50. The van der Waals surface area contributed by atoms with E-state index < -0.39 is 6.10 Å². The first-order valence-electron chi connectivity index (χ1n) is 7.21. The SMILES string of the molecule is OC(c1ccccc1Cl)c1ccc2c3c(cccc13)CC2. The van der Waals surface area contributed by atoms with Gasteiger partial charge in [-0.3, -0.25) is 0 Å². The van der Waals surface area contributed by atoms with Gasteiger partial charge in [0.15, 0.2) is 0 Å². The fraction of sp³-hybridized carbons (Fsp3) is 0.158. The van der Waals surface area contributed by atoms with Gasteiger partial charge in [0.25, 0.3) is 0 Å². The Bertz CT molecular complexity index is 828. The smallest absolute Gasteiger partial charge is 0.106 e. The van der Waals surface area contributed by atoms with Crippen LogP contribution in [0.5, 0.6) is 0 Å². The molecule has 0 bridgehead atoms. The normalized spacial score (nSPS) is 14.6. The lowest BCUT2D eigenvalue weighted by molar-refractivity contribution is 0.222. The standard InChI is InChI=1S/C19H15ClO/c20-17-7-2-1-5-16(17)19(21)15-11-10-13-9-8-12-4-3-6-14(15)18(12)13/h1-7,10-11,19,21H,8-9H2. The van der Waals surface area contributed by atoms with Gasteiger partial charge in [0.2, 0.25) is 0 Å². The van der Waals surface area contributed by atoms with Gasteiger partial charge in [0.05, 0.1) is 0 Å². The molecule has 0 spiro atoms. The van der Waals surface area contributed by atoms with E-state index in [1.165, 1.54) is 16.5 Å². The molecule has 4 rings (SSSR count). The zero-order valence-corrected chi connectivity index (χ0v) is 12.3. The molecule has 3 aromatic carbocycles. The van der Waals surface area contributed by atoms with Crippen molar-refractivity contribution in [3.8, 4) is 0 Å². The largest absolute Gasteiger partial charge is 0.384 e. The number of benzene rings is 3. The Labute approximate surface area is 128 Å². The summed E-state index contributed by atoms with van der Waals surface area (Å²) in [7, 11) is 0. The van der Waals surface area contributed by atoms with Gasteiger partial charge in [-0.25, -0.2) is 0 Å². The van der Waals surface area contributed by atoms with E-state index >= 15 is 0 Å². The minimum atomic E-state index is -0.691. The molecule has 2 heteroatoms. The average Bonchev–Trinajstić information content (AvgIpc) is 2.93. The van der Waals surface area contributed by atoms with Crippen molar-refractivity contribution in [1.82, 2.24) is 0 Å². The van der Waals surface area contributed by atoms with Gasteiger partial charge in [-0.15, -0.1) is 0 Å². The van der Waals surface area contributed by atoms with E-state index in [4.69, 9.17) is 11.6 Å². The maximum atomic E-state index is 10.8. The molecule has 0 radical (unpaired) electrons. The highest BCUT2D eigenvalue weighted by molar-refractivity contribution is 6.31. The summed E-state index contributed by atoms with van der Waals surface area (Å²) in [5.74, 6) is 0. The third kappa shape index (κ3) is 1.97. The molecule has 0 heterocycles. The van der Waals surface area contributed by atoms with E-state index in [-0.39, 0.29) is 0 Å². The predicted molar refractivity (Wildman–Crippen MR) is 86.9 cm³/mol. The van der Waals surface area contributed by atoms with E-state index in [1.54, 1.807) is 0 Å². The Balaban J connectivity index is 1.94. The van der Waals surface area contributed by atoms with Crippen LogP contribution in [0.4, 0.5) is 0 Å². The Morgan fingerprint density at radius 2 is 1.57 bits per heavy atom. The summed E-state index contributed by atoms with van der Waals surface area (Å²) in [6, 6.07) is 18.0. The summed E-state index contributed by atoms with van der Waals surface area (Å²) in [5.41, 5.74) is 4.47. The molecule has 3 aromatic rings. The maximum absolute atomic E-state index is 10.8. The predicted octanol–water partition coefficient (Wildman–Crippen LogP) is 4.67. The van der Waals surface area contributed by atoms with Crippen molar-refractivity contribution in [2.24, 2.45) is 0 Å². The summed E-state index contributed by atoms with van der Waals surface area (Å²) >= 11 is 6.24. The average molecular weight is 295 g/mol. The van der Waals surface area contributed by atoms with Crippen LogP contribution in [-0.2, 0) is 12.8 Å². The lowest BCUT2D eigenvalue weighted by Crippen LogP contribution is -2.02. The molecule has 0 saturated carbocycles. The molecule has 104 valence electrons. The van der Waals surface area contributed by atoms with E-state index in [2.05, 4.69) is 24.3 Å². The second-order valence-corrected chi connectivity index (χ2v) is 5.98. The molecule has 0 saturated heterocycles. The summed E-state index contributed by atoms with van der Waals surface area (Å²) < 4.78 is 0. The van der Waals surface area contributed by atoms with E-state index in [1.807, 2.05) is 30.3 Å². The van der Waals surface area contributed by atoms with Crippen molar-refractivity contribution in [3.63, 3.8) is 0 Å². The van der Waals surface area contributed by atoms with E-state index in [0.717, 1.165) is 29.4 Å². The quantitative estimate of drug-likeness (QED) is 0.728. The van der Waals surface area contributed by atoms with Crippen LogP contribution in [0.1, 0.15) is 28.4 Å². The van der Waals surface area contributed by atoms with Crippen LogP contribution >= 0.6 is 11.6 Å². The Morgan fingerprint density at radius 1 is 0.810 bits per heavy atom. The Kier molecular flexibility index (Phi) is 2.99. The topological polar surface area (TPSA) is 20.2 Å². The molecule has 0 aliphatic heterocycles. The fourth-order valence-corrected chi connectivity index (χ4v) is 3.61. The Hall–Kier alpha value is -1.83. The van der Waals surface area contributed by atoms with Crippen LogP contribution in [0.2, 0.25) is 5.02 Å². The first-order chi connectivity index (χ1) is 10.3. The number of hydrogen-bond donors (Lipinski definition) is 1. The van der Waals surface area contributed by atoms with Gasteiger partial charge in [0.1, 0.15) is 6.10 Å². The van der Waals surface area contributed by atoms with Crippen LogP contribution < -0.4 is 0 Å². The number of aliphatic hydroxyl groups excluding tert-OH is 1. The highest BCUT2D eigenvalue weighted by Crippen LogP contribution is 2.37. The van der Waals surface area contributed by atoms with Crippen molar-refractivity contribution in [1.29, 1.82) is 0 Å². The summed E-state index contributed by atoms with van der Waals surface area (Å²) in [4.78, 5) is 0. The molecule has 1 atom stereocenters.